The largest absolute Gasteiger partial charge is 0.334 e. The Morgan fingerprint density at radius 1 is 1.05 bits per heavy atom. The molecule has 0 fully saturated rings. The highest BCUT2D eigenvalue weighted by molar-refractivity contribution is 5.79. The van der Waals surface area contributed by atoms with E-state index in [4.69, 9.17) is 0 Å². The summed E-state index contributed by atoms with van der Waals surface area (Å²) in [6.45, 7) is 0. The third-order valence-electron chi connectivity index (χ3n) is 3.11. The number of hydrazone groups is 1. The summed E-state index contributed by atoms with van der Waals surface area (Å²) < 4.78 is 1.99. The molecule has 0 aliphatic carbocycles. The van der Waals surface area contributed by atoms with Crippen molar-refractivity contribution in [2.24, 2.45) is 12.1 Å². The lowest BCUT2D eigenvalue weighted by Crippen LogP contribution is -1.92. The maximum atomic E-state index is 4.20. The lowest BCUT2D eigenvalue weighted by atomic mass is 10.1. The maximum absolute atomic E-state index is 4.20. The van der Waals surface area contributed by atoms with Crippen molar-refractivity contribution in [3.05, 3.63) is 66.9 Å². The first-order valence-electron chi connectivity index (χ1n) is 6.59. The molecule has 0 bridgehead atoms. The van der Waals surface area contributed by atoms with Crippen LogP contribution in [0.3, 0.4) is 0 Å². The molecule has 21 heavy (non-hydrogen) atoms. The summed E-state index contributed by atoms with van der Waals surface area (Å²) in [5.74, 6) is 0. The van der Waals surface area contributed by atoms with Crippen molar-refractivity contribution in [2.75, 3.05) is 5.43 Å². The van der Waals surface area contributed by atoms with Gasteiger partial charge in [-0.3, -0.25) is 10.4 Å². The molecule has 0 amide bonds. The number of aromatic nitrogens is 3. The van der Waals surface area contributed by atoms with Crippen molar-refractivity contribution in [1.82, 2.24) is 14.5 Å². The van der Waals surface area contributed by atoms with Crippen LogP contribution in [-0.4, -0.2) is 20.7 Å². The summed E-state index contributed by atoms with van der Waals surface area (Å²) in [4.78, 5) is 8.09. The zero-order valence-electron chi connectivity index (χ0n) is 11.6. The molecular weight excluding hydrogens is 262 g/mol. The van der Waals surface area contributed by atoms with Crippen molar-refractivity contribution in [2.45, 2.75) is 0 Å². The third kappa shape index (κ3) is 3.14. The second kappa shape index (κ2) is 6.00. The molecule has 2 heterocycles. The minimum atomic E-state index is 0.936. The molecule has 0 aliphatic heterocycles. The van der Waals surface area contributed by atoms with Gasteiger partial charge in [0.25, 0.3) is 0 Å². The van der Waals surface area contributed by atoms with E-state index in [2.05, 4.69) is 20.5 Å². The highest BCUT2D eigenvalue weighted by atomic mass is 15.3. The number of pyridine rings is 1. The standard InChI is InChI=1S/C16H15N5/c1-21-12-18-11-16(21)14-2-4-15(5-3-14)20-19-10-13-6-8-17-9-7-13/h2-12,20H,1H3/b19-10+. The number of aryl methyl sites for hydroxylation is 1. The molecule has 104 valence electrons. The zero-order valence-corrected chi connectivity index (χ0v) is 11.6. The van der Waals surface area contributed by atoms with E-state index in [1.165, 1.54) is 0 Å². The molecule has 0 saturated carbocycles. The minimum Gasteiger partial charge on any atom is -0.334 e. The Hall–Kier alpha value is -2.95. The normalized spacial score (nSPS) is 10.9. The first-order valence-corrected chi connectivity index (χ1v) is 6.59. The van der Waals surface area contributed by atoms with Gasteiger partial charge in [0.2, 0.25) is 0 Å². The molecule has 3 aromatic rings. The average Bonchev–Trinajstić information content (AvgIpc) is 2.95. The highest BCUT2D eigenvalue weighted by Crippen LogP contribution is 2.20. The first kappa shape index (κ1) is 13.1. The van der Waals surface area contributed by atoms with E-state index < -0.39 is 0 Å². The van der Waals surface area contributed by atoms with Gasteiger partial charge < -0.3 is 4.57 Å². The Morgan fingerprint density at radius 3 is 2.48 bits per heavy atom. The number of hydrogen-bond donors (Lipinski definition) is 1. The molecule has 1 N–H and O–H groups in total. The molecule has 0 aliphatic rings. The summed E-state index contributed by atoms with van der Waals surface area (Å²) in [6, 6.07) is 11.9. The van der Waals surface area contributed by atoms with Crippen LogP contribution >= 0.6 is 0 Å². The quantitative estimate of drug-likeness (QED) is 0.589. The van der Waals surface area contributed by atoms with Crippen LogP contribution in [0.5, 0.6) is 0 Å². The number of imidazole rings is 1. The SMILES string of the molecule is Cn1cncc1-c1ccc(N/N=C/c2ccncc2)cc1. The second-order valence-corrected chi connectivity index (χ2v) is 4.62. The average molecular weight is 277 g/mol. The molecule has 1 aromatic carbocycles. The lowest BCUT2D eigenvalue weighted by Gasteiger charge is -2.04. The third-order valence-corrected chi connectivity index (χ3v) is 3.11. The van der Waals surface area contributed by atoms with Crippen LogP contribution in [0.4, 0.5) is 5.69 Å². The van der Waals surface area contributed by atoms with Gasteiger partial charge in [-0.05, 0) is 35.4 Å². The highest BCUT2D eigenvalue weighted by Gasteiger charge is 2.01. The van der Waals surface area contributed by atoms with Crippen molar-refractivity contribution < 1.29 is 0 Å². The molecule has 2 aromatic heterocycles. The summed E-state index contributed by atoms with van der Waals surface area (Å²) >= 11 is 0. The van der Waals surface area contributed by atoms with Crippen LogP contribution < -0.4 is 5.43 Å². The number of benzene rings is 1. The molecule has 5 nitrogen and oxygen atoms in total. The van der Waals surface area contributed by atoms with Crippen LogP contribution in [0.25, 0.3) is 11.3 Å². The van der Waals surface area contributed by atoms with Gasteiger partial charge in [0, 0.05) is 19.4 Å². The molecular formula is C16H15N5. The van der Waals surface area contributed by atoms with E-state index in [0.717, 1.165) is 22.5 Å². The Bertz CT molecular complexity index is 729. The van der Waals surface area contributed by atoms with Crippen molar-refractivity contribution in [3.8, 4) is 11.3 Å². The van der Waals surface area contributed by atoms with Gasteiger partial charge in [-0.15, -0.1) is 0 Å². The van der Waals surface area contributed by atoms with Gasteiger partial charge in [-0.2, -0.15) is 5.10 Å². The van der Waals surface area contributed by atoms with Gasteiger partial charge in [-0.1, -0.05) is 12.1 Å². The fourth-order valence-corrected chi connectivity index (χ4v) is 1.98. The Labute approximate surface area is 123 Å². The summed E-state index contributed by atoms with van der Waals surface area (Å²) in [5.41, 5.74) is 7.16. The van der Waals surface area contributed by atoms with E-state index >= 15 is 0 Å². The predicted octanol–water partition coefficient (Wildman–Crippen LogP) is 2.93. The molecule has 0 unspecified atom stereocenters. The van der Waals surface area contributed by atoms with Crippen LogP contribution in [0.15, 0.2) is 66.4 Å². The smallest absolute Gasteiger partial charge is 0.0948 e. The summed E-state index contributed by atoms with van der Waals surface area (Å²) in [5, 5.41) is 4.20. The molecule has 0 radical (unpaired) electrons. The monoisotopic (exact) mass is 277 g/mol. The second-order valence-electron chi connectivity index (χ2n) is 4.62. The van der Waals surface area contributed by atoms with Crippen LogP contribution in [-0.2, 0) is 7.05 Å². The summed E-state index contributed by atoms with van der Waals surface area (Å²) in [6.07, 6.45) is 8.88. The number of hydrogen-bond acceptors (Lipinski definition) is 4. The van der Waals surface area contributed by atoms with E-state index in [1.807, 2.05) is 54.2 Å². The van der Waals surface area contributed by atoms with Gasteiger partial charge in [0.05, 0.1) is 30.1 Å². The molecule has 0 spiro atoms. The van der Waals surface area contributed by atoms with Crippen LogP contribution in [0, 0.1) is 0 Å². The number of anilines is 1. The fraction of sp³-hybridized carbons (Fsp3) is 0.0625. The van der Waals surface area contributed by atoms with Crippen LogP contribution in [0.2, 0.25) is 0 Å². The topological polar surface area (TPSA) is 55.1 Å². The van der Waals surface area contributed by atoms with Crippen LogP contribution in [0.1, 0.15) is 5.56 Å². The Morgan fingerprint density at radius 2 is 1.81 bits per heavy atom. The van der Waals surface area contributed by atoms with Crippen molar-refractivity contribution >= 4 is 11.9 Å². The van der Waals surface area contributed by atoms with Gasteiger partial charge in [0.15, 0.2) is 0 Å². The first-order chi connectivity index (χ1) is 10.3. The molecule has 0 atom stereocenters. The molecule has 0 saturated heterocycles. The van der Waals surface area contributed by atoms with E-state index in [9.17, 15) is 0 Å². The van der Waals surface area contributed by atoms with Crippen molar-refractivity contribution in [3.63, 3.8) is 0 Å². The van der Waals surface area contributed by atoms with Gasteiger partial charge in [-0.25, -0.2) is 4.98 Å². The lowest BCUT2D eigenvalue weighted by molar-refractivity contribution is 0.921. The van der Waals surface area contributed by atoms with Gasteiger partial charge in [0.1, 0.15) is 0 Å². The molecule has 3 rings (SSSR count). The Kier molecular flexibility index (Phi) is 3.73. The minimum absolute atomic E-state index is 0.936. The van der Waals surface area contributed by atoms with E-state index in [-0.39, 0.29) is 0 Å². The van der Waals surface area contributed by atoms with Crippen molar-refractivity contribution in [1.29, 1.82) is 0 Å². The fourth-order valence-electron chi connectivity index (χ4n) is 1.98. The summed E-state index contributed by atoms with van der Waals surface area (Å²) in [7, 11) is 1.98. The maximum Gasteiger partial charge on any atom is 0.0948 e. The zero-order chi connectivity index (χ0) is 14.5. The number of nitrogens with one attached hydrogen (secondary N) is 1. The number of rotatable bonds is 4. The van der Waals surface area contributed by atoms with E-state index in [1.54, 1.807) is 24.9 Å². The predicted molar refractivity (Wildman–Crippen MR) is 84.1 cm³/mol. The molecule has 5 heteroatoms. The van der Waals surface area contributed by atoms with Gasteiger partial charge >= 0.3 is 0 Å². The van der Waals surface area contributed by atoms with E-state index in [0.29, 0.717) is 0 Å². The Balaban J connectivity index is 1.68. The number of nitrogens with zero attached hydrogens (tertiary/aromatic N) is 4.